The first-order valence-electron chi connectivity index (χ1n) is 9.82. The van der Waals surface area contributed by atoms with Crippen molar-refractivity contribution in [3.05, 3.63) is 69.8 Å². The zero-order valence-electron chi connectivity index (χ0n) is 17.7. The lowest BCUT2D eigenvalue weighted by Gasteiger charge is -2.15. The number of sulfonamides is 1. The third kappa shape index (κ3) is 3.73. The van der Waals surface area contributed by atoms with Crippen LogP contribution in [-0.4, -0.2) is 48.3 Å². The van der Waals surface area contributed by atoms with E-state index in [9.17, 15) is 28.1 Å². The number of rotatable bonds is 8. The average molecular weight is 462 g/mol. The Morgan fingerprint density at radius 2 is 1.62 bits per heavy atom. The SMILES string of the molecule is CCOC(=O)C1(C(=O)OCC)C(c2cccc([N+](=O)[O-])c2)N1S(=O)(=O)c1ccc(C)cc1. The summed E-state index contributed by atoms with van der Waals surface area (Å²) in [5, 5.41) is 11.3. The number of nitrogens with zero attached hydrogens (tertiary/aromatic N) is 2. The van der Waals surface area contributed by atoms with Gasteiger partial charge in [-0.05, 0) is 38.5 Å². The zero-order chi connectivity index (χ0) is 23.7. The number of benzene rings is 2. The zero-order valence-corrected chi connectivity index (χ0v) is 18.5. The summed E-state index contributed by atoms with van der Waals surface area (Å²) in [6.07, 6.45) is 0. The molecule has 0 spiro atoms. The Balaban J connectivity index is 2.23. The molecule has 32 heavy (non-hydrogen) atoms. The van der Waals surface area contributed by atoms with Crippen LogP contribution in [0.1, 0.15) is 31.0 Å². The van der Waals surface area contributed by atoms with Gasteiger partial charge in [0.25, 0.3) is 11.2 Å². The number of non-ortho nitro benzene ring substituents is 1. The molecule has 170 valence electrons. The number of aryl methyl sites for hydroxylation is 1. The van der Waals surface area contributed by atoms with Gasteiger partial charge in [-0.3, -0.25) is 10.1 Å². The van der Waals surface area contributed by atoms with Crippen molar-refractivity contribution in [2.24, 2.45) is 0 Å². The predicted octanol–water partition coefficient (Wildman–Crippen LogP) is 2.51. The summed E-state index contributed by atoms with van der Waals surface area (Å²) in [6.45, 7) is 4.59. The van der Waals surface area contributed by atoms with Gasteiger partial charge in [0.05, 0.1) is 29.1 Å². The van der Waals surface area contributed by atoms with Crippen LogP contribution in [0.15, 0.2) is 53.4 Å². The summed E-state index contributed by atoms with van der Waals surface area (Å²) >= 11 is 0. The van der Waals surface area contributed by atoms with E-state index >= 15 is 0 Å². The Bertz CT molecular complexity index is 1140. The largest absolute Gasteiger partial charge is 0.464 e. The molecule has 0 aliphatic carbocycles. The lowest BCUT2D eigenvalue weighted by Crippen LogP contribution is -2.43. The van der Waals surface area contributed by atoms with E-state index in [1.54, 1.807) is 19.1 Å². The first-order valence-corrected chi connectivity index (χ1v) is 11.3. The second-order valence-electron chi connectivity index (χ2n) is 7.08. The van der Waals surface area contributed by atoms with Gasteiger partial charge < -0.3 is 9.47 Å². The van der Waals surface area contributed by atoms with Crippen LogP contribution < -0.4 is 0 Å². The van der Waals surface area contributed by atoms with Crippen molar-refractivity contribution in [3.63, 3.8) is 0 Å². The second kappa shape index (κ2) is 8.67. The molecule has 1 aliphatic rings. The van der Waals surface area contributed by atoms with Gasteiger partial charge in [0, 0.05) is 12.1 Å². The van der Waals surface area contributed by atoms with E-state index < -0.39 is 38.5 Å². The minimum atomic E-state index is -4.39. The number of carbonyl (C=O) groups is 2. The molecule has 1 fully saturated rings. The van der Waals surface area contributed by atoms with Crippen LogP contribution in [0, 0.1) is 17.0 Å². The monoisotopic (exact) mass is 462 g/mol. The number of carbonyl (C=O) groups excluding carboxylic acids is 2. The number of hydrogen-bond donors (Lipinski definition) is 0. The van der Waals surface area contributed by atoms with Crippen molar-refractivity contribution < 1.29 is 32.4 Å². The molecule has 2 aromatic rings. The molecule has 10 nitrogen and oxygen atoms in total. The molecule has 3 rings (SSSR count). The summed E-state index contributed by atoms with van der Waals surface area (Å²) in [7, 11) is -4.39. The first kappa shape index (κ1) is 23.4. The Hall–Kier alpha value is -3.31. The minimum absolute atomic E-state index is 0.0935. The van der Waals surface area contributed by atoms with E-state index in [4.69, 9.17) is 9.47 Å². The van der Waals surface area contributed by atoms with Crippen molar-refractivity contribution in [1.29, 1.82) is 0 Å². The molecular formula is C21H22N2O8S. The van der Waals surface area contributed by atoms with E-state index in [-0.39, 0.29) is 29.4 Å². The summed E-state index contributed by atoms with van der Waals surface area (Å²) in [5.41, 5.74) is -1.74. The molecule has 11 heteroatoms. The predicted molar refractivity (Wildman–Crippen MR) is 112 cm³/mol. The van der Waals surface area contributed by atoms with Crippen LogP contribution in [0.2, 0.25) is 0 Å². The Morgan fingerprint density at radius 3 is 2.12 bits per heavy atom. The van der Waals surface area contributed by atoms with Gasteiger partial charge in [-0.1, -0.05) is 29.8 Å². The van der Waals surface area contributed by atoms with Crippen LogP contribution >= 0.6 is 0 Å². The van der Waals surface area contributed by atoms with Crippen LogP contribution in [-0.2, 0) is 29.1 Å². The van der Waals surface area contributed by atoms with Gasteiger partial charge >= 0.3 is 11.9 Å². The molecule has 2 atom stereocenters. The molecule has 0 amide bonds. The van der Waals surface area contributed by atoms with Gasteiger partial charge in [0.1, 0.15) is 0 Å². The molecule has 0 aromatic heterocycles. The van der Waals surface area contributed by atoms with Crippen molar-refractivity contribution in [1.82, 2.24) is 4.31 Å². The van der Waals surface area contributed by atoms with Gasteiger partial charge in [0.2, 0.25) is 10.0 Å². The van der Waals surface area contributed by atoms with Crippen LogP contribution in [0.5, 0.6) is 0 Å². The molecule has 1 heterocycles. The third-order valence-corrected chi connectivity index (χ3v) is 6.94. The van der Waals surface area contributed by atoms with Crippen molar-refractivity contribution >= 4 is 27.6 Å². The minimum Gasteiger partial charge on any atom is -0.464 e. The van der Waals surface area contributed by atoms with E-state index in [1.165, 1.54) is 44.2 Å². The highest BCUT2D eigenvalue weighted by atomic mass is 32.2. The van der Waals surface area contributed by atoms with Crippen LogP contribution in [0.3, 0.4) is 0 Å². The highest BCUT2D eigenvalue weighted by Crippen LogP contribution is 2.58. The maximum Gasteiger partial charge on any atom is 0.341 e. The third-order valence-electron chi connectivity index (χ3n) is 5.06. The van der Waals surface area contributed by atoms with E-state index in [2.05, 4.69) is 0 Å². The van der Waals surface area contributed by atoms with Gasteiger partial charge in [-0.15, -0.1) is 0 Å². The lowest BCUT2D eigenvalue weighted by molar-refractivity contribution is -0.384. The van der Waals surface area contributed by atoms with Crippen molar-refractivity contribution in [2.75, 3.05) is 13.2 Å². The molecule has 0 radical (unpaired) electrons. The number of hydrogen-bond acceptors (Lipinski definition) is 8. The Labute approximate surface area is 184 Å². The fourth-order valence-corrected chi connectivity index (χ4v) is 5.41. The number of nitro groups is 1. The molecule has 1 saturated heterocycles. The Morgan fingerprint density at radius 1 is 1.06 bits per heavy atom. The maximum atomic E-state index is 13.5. The molecule has 0 saturated carbocycles. The average Bonchev–Trinajstić information content (AvgIpc) is 3.47. The first-order chi connectivity index (χ1) is 15.1. The normalized spacial score (nSPS) is 19.1. The van der Waals surface area contributed by atoms with Gasteiger partial charge in [0.15, 0.2) is 0 Å². The van der Waals surface area contributed by atoms with Crippen molar-refractivity contribution in [2.45, 2.75) is 37.2 Å². The highest BCUT2D eigenvalue weighted by molar-refractivity contribution is 7.89. The molecule has 2 unspecified atom stereocenters. The van der Waals surface area contributed by atoms with E-state index in [0.717, 1.165) is 11.6 Å². The number of nitro benzene ring substituents is 1. The Kier molecular flexibility index (Phi) is 6.33. The summed E-state index contributed by atoms with van der Waals surface area (Å²) in [5.74, 6) is -2.21. The standard InChI is InChI=1S/C21H22N2O8S/c1-4-30-19(24)21(20(25)31-5-2)18(15-7-6-8-16(13-15)23(26)27)22(21)32(28,29)17-11-9-14(3)10-12-17/h6-13,18H,4-5H2,1-3H3. The second-order valence-corrected chi connectivity index (χ2v) is 8.89. The quantitative estimate of drug-likeness (QED) is 0.192. The topological polar surface area (TPSA) is 133 Å². The molecule has 0 bridgehead atoms. The molecule has 2 aromatic carbocycles. The lowest BCUT2D eigenvalue weighted by atomic mass is 9.99. The van der Waals surface area contributed by atoms with Crippen LogP contribution in [0.25, 0.3) is 0 Å². The fraction of sp³-hybridized carbons (Fsp3) is 0.333. The maximum absolute atomic E-state index is 13.5. The van der Waals surface area contributed by atoms with E-state index in [1.807, 2.05) is 0 Å². The fourth-order valence-electron chi connectivity index (χ4n) is 3.57. The molecule has 0 N–H and O–H groups in total. The smallest absolute Gasteiger partial charge is 0.341 e. The molecule has 1 aliphatic heterocycles. The number of esters is 2. The molecular weight excluding hydrogens is 440 g/mol. The van der Waals surface area contributed by atoms with E-state index in [0.29, 0.717) is 4.31 Å². The summed E-state index contributed by atoms with van der Waals surface area (Å²) in [4.78, 5) is 36.5. The van der Waals surface area contributed by atoms with Crippen LogP contribution in [0.4, 0.5) is 5.69 Å². The highest BCUT2D eigenvalue weighted by Gasteiger charge is 2.80. The summed E-state index contributed by atoms with van der Waals surface area (Å²) < 4.78 is 37.9. The van der Waals surface area contributed by atoms with Gasteiger partial charge in [-0.25, -0.2) is 18.0 Å². The summed E-state index contributed by atoms with van der Waals surface area (Å²) in [6, 6.07) is 9.61. The van der Waals surface area contributed by atoms with Crippen molar-refractivity contribution in [3.8, 4) is 0 Å². The number of ether oxygens (including phenoxy) is 2. The van der Waals surface area contributed by atoms with Gasteiger partial charge in [-0.2, -0.15) is 4.31 Å².